The van der Waals surface area contributed by atoms with Gasteiger partial charge < -0.3 is 9.47 Å². The van der Waals surface area contributed by atoms with Crippen LogP contribution in [0.4, 0.5) is 0 Å². The molecule has 0 spiro atoms. The molecule has 0 aliphatic heterocycles. The van der Waals surface area contributed by atoms with E-state index in [0.29, 0.717) is 5.75 Å². The molecule has 0 N–H and O–H groups in total. The van der Waals surface area contributed by atoms with Crippen molar-refractivity contribution in [3.8, 4) is 17.2 Å². The molecule has 3 aromatic carbocycles. The van der Waals surface area contributed by atoms with Crippen molar-refractivity contribution in [1.29, 1.82) is 0 Å². The average molecular weight is 389 g/mol. The van der Waals surface area contributed by atoms with Gasteiger partial charge in [-0.2, -0.15) is 0 Å². The Kier molecular flexibility index (Phi) is 3.99. The smallest absolute Gasteiger partial charge is 0.335 e. The van der Waals surface area contributed by atoms with Gasteiger partial charge in [0.25, 0.3) is 0 Å². The van der Waals surface area contributed by atoms with Crippen LogP contribution in [0, 0.1) is 0 Å². The minimum absolute atomic E-state index is 0.0250. The molecule has 2 aliphatic carbocycles. The van der Waals surface area contributed by atoms with E-state index >= 15 is 0 Å². The summed E-state index contributed by atoms with van der Waals surface area (Å²) in [6.07, 6.45) is 4.13. The highest BCUT2D eigenvalue weighted by atomic mass is 35.5. The number of halogens is 1. The normalized spacial score (nSPS) is 19.2. The molecule has 0 fully saturated rings. The lowest BCUT2D eigenvalue weighted by Crippen LogP contribution is -2.09. The standard InChI is InChI=1S/C24H17ClO3/c1-2-20(26)28-24-17-11-7-6-10-16(17)23(27-15-8-4-3-5-9-15)21-14-12-18(22(21)24)19(25)13-14/h2-11,13-14,18H,1,12H2. The molecule has 3 nitrogen and oxygen atoms in total. The van der Waals surface area contributed by atoms with Crippen LogP contribution in [0.2, 0.25) is 0 Å². The quantitative estimate of drug-likeness (QED) is 0.293. The zero-order valence-electron chi connectivity index (χ0n) is 15.0. The van der Waals surface area contributed by atoms with Crippen molar-refractivity contribution in [1.82, 2.24) is 0 Å². The number of fused-ring (bicyclic) bond motifs is 6. The van der Waals surface area contributed by atoms with E-state index in [1.807, 2.05) is 54.6 Å². The molecule has 0 saturated carbocycles. The highest BCUT2D eigenvalue weighted by Crippen LogP contribution is 2.61. The Bertz CT molecular complexity index is 1150. The van der Waals surface area contributed by atoms with Crippen LogP contribution < -0.4 is 9.47 Å². The lowest BCUT2D eigenvalue weighted by molar-refractivity contribution is -0.128. The number of hydrogen-bond donors (Lipinski definition) is 0. The van der Waals surface area contributed by atoms with E-state index in [0.717, 1.165) is 44.9 Å². The summed E-state index contributed by atoms with van der Waals surface area (Å²) in [6.45, 7) is 3.53. The number of benzene rings is 3. The molecule has 3 aromatic rings. The number of hydrogen-bond acceptors (Lipinski definition) is 3. The zero-order chi connectivity index (χ0) is 19.3. The summed E-state index contributed by atoms with van der Waals surface area (Å²) < 4.78 is 12.1. The van der Waals surface area contributed by atoms with Crippen molar-refractivity contribution in [2.75, 3.05) is 0 Å². The van der Waals surface area contributed by atoms with Gasteiger partial charge in [-0.25, -0.2) is 4.79 Å². The van der Waals surface area contributed by atoms with Gasteiger partial charge in [-0.1, -0.05) is 66.7 Å². The Morgan fingerprint density at radius 2 is 1.68 bits per heavy atom. The van der Waals surface area contributed by atoms with Crippen molar-refractivity contribution in [2.24, 2.45) is 0 Å². The van der Waals surface area contributed by atoms with E-state index in [9.17, 15) is 4.79 Å². The lowest BCUT2D eigenvalue weighted by atomic mass is 9.90. The maximum atomic E-state index is 12.1. The van der Waals surface area contributed by atoms with Gasteiger partial charge >= 0.3 is 5.97 Å². The van der Waals surface area contributed by atoms with Crippen LogP contribution in [0.15, 0.2) is 78.4 Å². The third-order valence-electron chi connectivity index (χ3n) is 5.43. The van der Waals surface area contributed by atoms with Crippen LogP contribution in [0.25, 0.3) is 10.8 Å². The Morgan fingerprint density at radius 1 is 1.00 bits per heavy atom. The highest BCUT2D eigenvalue weighted by molar-refractivity contribution is 6.31. The molecule has 5 rings (SSSR count). The van der Waals surface area contributed by atoms with Gasteiger partial charge in [-0.15, -0.1) is 0 Å². The second kappa shape index (κ2) is 6.54. The summed E-state index contributed by atoms with van der Waals surface area (Å²) >= 11 is 6.50. The fourth-order valence-corrected chi connectivity index (χ4v) is 4.65. The molecule has 28 heavy (non-hydrogen) atoms. The Balaban J connectivity index is 1.80. The minimum atomic E-state index is -0.480. The third-order valence-corrected chi connectivity index (χ3v) is 5.82. The maximum absolute atomic E-state index is 12.1. The van der Waals surface area contributed by atoms with E-state index in [4.69, 9.17) is 21.1 Å². The summed E-state index contributed by atoms with van der Waals surface area (Å²) in [6, 6.07) is 17.5. The van der Waals surface area contributed by atoms with Crippen LogP contribution in [0.3, 0.4) is 0 Å². The van der Waals surface area contributed by atoms with Gasteiger partial charge in [0.05, 0.1) is 0 Å². The van der Waals surface area contributed by atoms with E-state index in [2.05, 4.69) is 12.7 Å². The molecule has 4 heteroatoms. The SMILES string of the molecule is C=CC(=O)Oc1c2c(c(Oc3ccccc3)c3ccccc13)C1C=C(Cl)C2C1. The summed E-state index contributed by atoms with van der Waals surface area (Å²) in [5.74, 6) is 1.84. The van der Waals surface area contributed by atoms with Gasteiger partial charge in [-0.3, -0.25) is 0 Å². The van der Waals surface area contributed by atoms with E-state index in [1.165, 1.54) is 6.08 Å². The molecule has 2 atom stereocenters. The van der Waals surface area contributed by atoms with Gasteiger partial charge in [0.15, 0.2) is 0 Å². The molecule has 2 aliphatic rings. The first-order valence-electron chi connectivity index (χ1n) is 9.20. The number of ether oxygens (including phenoxy) is 2. The Labute approximate surface area is 167 Å². The van der Waals surface area contributed by atoms with Crippen LogP contribution in [-0.2, 0) is 4.79 Å². The minimum Gasteiger partial charge on any atom is -0.456 e. The monoisotopic (exact) mass is 388 g/mol. The second-order valence-electron chi connectivity index (χ2n) is 7.02. The first-order valence-corrected chi connectivity index (χ1v) is 9.58. The first-order chi connectivity index (χ1) is 13.7. The van der Waals surface area contributed by atoms with Gasteiger partial charge in [0, 0.05) is 44.8 Å². The fraction of sp³-hybridized carbons (Fsp3) is 0.125. The number of esters is 1. The summed E-state index contributed by atoms with van der Waals surface area (Å²) in [7, 11) is 0. The summed E-state index contributed by atoms with van der Waals surface area (Å²) in [5, 5.41) is 2.54. The van der Waals surface area contributed by atoms with Gasteiger partial charge in [-0.05, 0) is 18.6 Å². The van der Waals surface area contributed by atoms with E-state index in [1.54, 1.807) is 0 Å². The molecule has 0 aromatic heterocycles. The lowest BCUT2D eigenvalue weighted by Gasteiger charge is -2.23. The Morgan fingerprint density at radius 3 is 2.39 bits per heavy atom. The van der Waals surface area contributed by atoms with Gasteiger partial charge in [0.2, 0.25) is 0 Å². The molecule has 0 radical (unpaired) electrons. The van der Waals surface area contributed by atoms with Crippen LogP contribution >= 0.6 is 11.6 Å². The van der Waals surface area contributed by atoms with E-state index in [-0.39, 0.29) is 11.8 Å². The number of para-hydroxylation sites is 1. The van der Waals surface area contributed by atoms with Crippen molar-refractivity contribution in [3.63, 3.8) is 0 Å². The predicted molar refractivity (Wildman–Crippen MR) is 110 cm³/mol. The second-order valence-corrected chi connectivity index (χ2v) is 7.45. The molecule has 138 valence electrons. The molecular formula is C24H17ClO3. The molecule has 0 saturated heterocycles. The van der Waals surface area contributed by atoms with Crippen LogP contribution in [-0.4, -0.2) is 5.97 Å². The molecule has 0 amide bonds. The number of carbonyl (C=O) groups is 1. The summed E-state index contributed by atoms with van der Waals surface area (Å²) in [5.41, 5.74) is 2.01. The molecule has 2 unspecified atom stereocenters. The number of rotatable bonds is 4. The Hall–Kier alpha value is -3.04. The number of carbonyl (C=O) groups excluding carboxylic acids is 1. The topological polar surface area (TPSA) is 35.5 Å². The molecular weight excluding hydrogens is 372 g/mol. The molecule has 2 bridgehead atoms. The number of allylic oxidation sites excluding steroid dienone is 2. The third kappa shape index (κ3) is 2.54. The van der Waals surface area contributed by atoms with Crippen molar-refractivity contribution in [3.05, 3.63) is 89.5 Å². The van der Waals surface area contributed by atoms with Crippen molar-refractivity contribution in [2.45, 2.75) is 18.3 Å². The van der Waals surface area contributed by atoms with E-state index < -0.39 is 5.97 Å². The van der Waals surface area contributed by atoms with Crippen LogP contribution in [0.1, 0.15) is 29.4 Å². The largest absolute Gasteiger partial charge is 0.456 e. The maximum Gasteiger partial charge on any atom is 0.335 e. The first kappa shape index (κ1) is 17.1. The zero-order valence-corrected chi connectivity index (χ0v) is 15.8. The van der Waals surface area contributed by atoms with Crippen molar-refractivity contribution < 1.29 is 14.3 Å². The summed E-state index contributed by atoms with van der Waals surface area (Å²) in [4.78, 5) is 12.1. The predicted octanol–water partition coefficient (Wildman–Crippen LogP) is 6.43. The molecule has 0 heterocycles. The fourth-order valence-electron chi connectivity index (χ4n) is 4.30. The van der Waals surface area contributed by atoms with Crippen LogP contribution in [0.5, 0.6) is 17.2 Å². The average Bonchev–Trinajstić information content (AvgIpc) is 3.28. The van der Waals surface area contributed by atoms with Crippen molar-refractivity contribution >= 4 is 28.3 Å². The highest BCUT2D eigenvalue weighted by Gasteiger charge is 2.43. The van der Waals surface area contributed by atoms with Gasteiger partial charge in [0.1, 0.15) is 17.2 Å².